The molecule has 7 nitrogen and oxygen atoms in total. The highest BCUT2D eigenvalue weighted by molar-refractivity contribution is 6.32. The Kier molecular flexibility index (Phi) is 11.2. The Labute approximate surface area is 226 Å². The summed E-state index contributed by atoms with van der Waals surface area (Å²) in [6.07, 6.45) is -1.20. The largest absolute Gasteiger partial charge is 0.488 e. The fourth-order valence-electron chi connectivity index (χ4n) is 3.41. The lowest BCUT2D eigenvalue weighted by Crippen LogP contribution is -2.28. The van der Waals surface area contributed by atoms with E-state index in [9.17, 15) is 9.59 Å². The molecule has 0 N–H and O–H groups in total. The lowest BCUT2D eigenvalue weighted by atomic mass is 9.78. The molecule has 0 aliphatic rings. The molecular weight excluding hydrogens is 531 g/mol. The van der Waals surface area contributed by atoms with Crippen molar-refractivity contribution in [2.75, 3.05) is 20.3 Å². The molecule has 36 heavy (non-hydrogen) atoms. The predicted octanol–water partition coefficient (Wildman–Crippen LogP) is 6.17. The van der Waals surface area contributed by atoms with Crippen LogP contribution in [-0.4, -0.2) is 50.0 Å². The second-order valence-electron chi connectivity index (χ2n) is 8.70. The molecular formula is C26H31Cl3O7. The summed E-state index contributed by atoms with van der Waals surface area (Å²) < 4.78 is 26.7. The van der Waals surface area contributed by atoms with E-state index in [-0.39, 0.29) is 13.2 Å². The molecule has 0 aliphatic heterocycles. The number of carbonyl (C=O) groups excluding carboxylic acids is 2. The molecule has 0 spiro atoms. The van der Waals surface area contributed by atoms with E-state index in [2.05, 4.69) is 0 Å². The van der Waals surface area contributed by atoms with E-state index in [4.69, 9.17) is 58.5 Å². The number of ether oxygens (including phenoxy) is 5. The molecule has 2 rings (SSSR count). The summed E-state index contributed by atoms with van der Waals surface area (Å²) in [4.78, 5) is 22.4. The van der Waals surface area contributed by atoms with Crippen molar-refractivity contribution in [2.24, 2.45) is 0 Å². The van der Waals surface area contributed by atoms with E-state index in [0.29, 0.717) is 21.5 Å². The molecule has 2 aromatic rings. The summed E-state index contributed by atoms with van der Waals surface area (Å²) in [6, 6.07) is 10.9. The van der Waals surface area contributed by atoms with Gasteiger partial charge in [0.2, 0.25) is 5.56 Å². The molecule has 0 unspecified atom stereocenters. The fraction of sp³-hybridized carbons (Fsp3) is 0.462. The van der Waals surface area contributed by atoms with Crippen LogP contribution >= 0.6 is 34.8 Å². The van der Waals surface area contributed by atoms with Gasteiger partial charge in [0.05, 0.1) is 16.7 Å². The number of benzene rings is 2. The van der Waals surface area contributed by atoms with Crippen LogP contribution in [-0.2, 0) is 29.2 Å². The van der Waals surface area contributed by atoms with Gasteiger partial charge >= 0.3 is 11.9 Å². The van der Waals surface area contributed by atoms with Crippen LogP contribution in [0.3, 0.4) is 0 Å². The molecule has 0 amide bonds. The maximum atomic E-state index is 11.3. The van der Waals surface area contributed by atoms with Gasteiger partial charge in [-0.2, -0.15) is 0 Å². The third kappa shape index (κ3) is 8.44. The zero-order chi connectivity index (χ0) is 27.0. The molecule has 0 saturated heterocycles. The van der Waals surface area contributed by atoms with Gasteiger partial charge in [-0.25, -0.2) is 0 Å². The first-order chi connectivity index (χ1) is 16.8. The molecule has 3 atom stereocenters. The van der Waals surface area contributed by atoms with Gasteiger partial charge in [0, 0.05) is 26.4 Å². The maximum Gasteiger partial charge on any atom is 0.303 e. The summed E-state index contributed by atoms with van der Waals surface area (Å²) in [5.74, 6) is -0.0368. The SMILES string of the molecule is COC[C@@H](COc1ccc(C(C)(C)c2ccc(O[C@@H](Cl)[C@H](C)OC(C)=O)c(Cl)c2)cc1Cl)OC(C)=O. The van der Waals surface area contributed by atoms with Gasteiger partial charge in [0.25, 0.3) is 0 Å². The molecule has 0 radical (unpaired) electrons. The third-order valence-corrected chi connectivity index (χ3v) is 6.41. The minimum absolute atomic E-state index is 0.102. The normalized spacial score (nSPS) is 13.9. The Morgan fingerprint density at radius 1 is 0.889 bits per heavy atom. The molecule has 0 heterocycles. The van der Waals surface area contributed by atoms with Crippen molar-refractivity contribution in [3.8, 4) is 11.5 Å². The van der Waals surface area contributed by atoms with Crippen LogP contribution in [0.5, 0.6) is 11.5 Å². The number of rotatable bonds is 12. The molecule has 2 aromatic carbocycles. The summed E-state index contributed by atoms with van der Waals surface area (Å²) in [5.41, 5.74) is 0.475. The first-order valence-corrected chi connectivity index (χ1v) is 12.4. The van der Waals surface area contributed by atoms with E-state index in [1.165, 1.54) is 21.0 Å². The quantitative estimate of drug-likeness (QED) is 0.226. The summed E-state index contributed by atoms with van der Waals surface area (Å²) in [7, 11) is 1.52. The molecule has 0 saturated carbocycles. The Hall–Kier alpha value is -2.19. The number of methoxy groups -OCH3 is 1. The smallest absolute Gasteiger partial charge is 0.303 e. The van der Waals surface area contributed by atoms with Gasteiger partial charge < -0.3 is 23.7 Å². The van der Waals surface area contributed by atoms with Crippen LogP contribution < -0.4 is 9.47 Å². The van der Waals surface area contributed by atoms with Crippen molar-refractivity contribution < 1.29 is 33.3 Å². The van der Waals surface area contributed by atoms with E-state index in [1.807, 2.05) is 32.0 Å². The lowest BCUT2D eigenvalue weighted by Gasteiger charge is -2.28. The number of esters is 2. The summed E-state index contributed by atoms with van der Waals surface area (Å²) in [6.45, 7) is 8.64. The van der Waals surface area contributed by atoms with Crippen LogP contribution in [0, 0.1) is 0 Å². The van der Waals surface area contributed by atoms with Gasteiger partial charge in [0.15, 0.2) is 6.10 Å². The number of alkyl halides is 1. The zero-order valence-corrected chi connectivity index (χ0v) is 23.4. The minimum Gasteiger partial charge on any atom is -0.488 e. The second-order valence-corrected chi connectivity index (χ2v) is 9.94. The Morgan fingerprint density at radius 2 is 1.42 bits per heavy atom. The van der Waals surface area contributed by atoms with Crippen LogP contribution in [0.2, 0.25) is 10.0 Å². The highest BCUT2D eigenvalue weighted by Crippen LogP contribution is 2.39. The van der Waals surface area contributed by atoms with E-state index < -0.39 is 35.1 Å². The Morgan fingerprint density at radius 3 is 1.89 bits per heavy atom. The highest BCUT2D eigenvalue weighted by Gasteiger charge is 2.26. The molecule has 0 bridgehead atoms. The average molecular weight is 562 g/mol. The summed E-state index contributed by atoms with van der Waals surface area (Å²) >= 11 is 19.2. The highest BCUT2D eigenvalue weighted by atomic mass is 35.5. The van der Waals surface area contributed by atoms with Gasteiger partial charge in [-0.3, -0.25) is 9.59 Å². The van der Waals surface area contributed by atoms with Crippen molar-refractivity contribution in [2.45, 2.75) is 57.8 Å². The van der Waals surface area contributed by atoms with Gasteiger partial charge in [-0.05, 0) is 42.3 Å². The monoisotopic (exact) mass is 560 g/mol. The van der Waals surface area contributed by atoms with Gasteiger partial charge in [0.1, 0.15) is 24.2 Å². The van der Waals surface area contributed by atoms with Crippen molar-refractivity contribution in [3.63, 3.8) is 0 Å². The number of halogens is 3. The van der Waals surface area contributed by atoms with Crippen LogP contribution in [0.1, 0.15) is 45.7 Å². The van der Waals surface area contributed by atoms with Crippen molar-refractivity contribution in [3.05, 3.63) is 57.6 Å². The topological polar surface area (TPSA) is 80.3 Å². The Bertz CT molecular complexity index is 1060. The summed E-state index contributed by atoms with van der Waals surface area (Å²) in [5, 5.41) is 0.775. The Balaban J connectivity index is 2.16. The van der Waals surface area contributed by atoms with Crippen molar-refractivity contribution in [1.29, 1.82) is 0 Å². The predicted molar refractivity (Wildman–Crippen MR) is 139 cm³/mol. The number of hydrogen-bond donors (Lipinski definition) is 0. The standard InChI is InChI=1S/C26H31Cl3O7/c1-15(34-16(2)30)25(29)36-24-10-8-19(12-22(24)28)26(4,5)18-7-9-23(21(27)11-18)33-14-20(13-32-6)35-17(3)31/h7-12,15,20,25H,13-14H2,1-6H3/t15-,20-,25+/m0/s1. The lowest BCUT2D eigenvalue weighted by molar-refractivity contribution is -0.150. The molecule has 198 valence electrons. The van der Waals surface area contributed by atoms with Crippen LogP contribution in [0.4, 0.5) is 0 Å². The molecule has 10 heteroatoms. The molecule has 0 aliphatic carbocycles. The second kappa shape index (κ2) is 13.4. The molecule has 0 fully saturated rings. The first-order valence-electron chi connectivity index (χ1n) is 11.2. The minimum atomic E-state index is -0.902. The van der Waals surface area contributed by atoms with Gasteiger partial charge in [-0.15, -0.1) is 0 Å². The van der Waals surface area contributed by atoms with E-state index in [0.717, 1.165) is 11.1 Å². The van der Waals surface area contributed by atoms with Crippen molar-refractivity contribution >= 4 is 46.7 Å². The molecule has 0 aromatic heterocycles. The van der Waals surface area contributed by atoms with Crippen LogP contribution in [0.25, 0.3) is 0 Å². The van der Waals surface area contributed by atoms with Crippen LogP contribution in [0.15, 0.2) is 36.4 Å². The van der Waals surface area contributed by atoms with E-state index >= 15 is 0 Å². The fourth-order valence-corrected chi connectivity index (χ4v) is 4.02. The zero-order valence-electron chi connectivity index (χ0n) is 21.1. The van der Waals surface area contributed by atoms with Crippen molar-refractivity contribution in [1.82, 2.24) is 0 Å². The maximum absolute atomic E-state index is 11.3. The average Bonchev–Trinajstić information content (AvgIpc) is 2.78. The number of hydrogen-bond acceptors (Lipinski definition) is 7. The first kappa shape index (κ1) is 30.0. The third-order valence-electron chi connectivity index (χ3n) is 5.38. The van der Waals surface area contributed by atoms with Gasteiger partial charge in [-0.1, -0.05) is 60.8 Å². The number of carbonyl (C=O) groups is 2. The van der Waals surface area contributed by atoms with E-state index in [1.54, 1.807) is 25.1 Å².